The molecule has 122 valence electrons. The summed E-state index contributed by atoms with van der Waals surface area (Å²) in [6, 6.07) is 1.98. The fourth-order valence-electron chi connectivity index (χ4n) is 2.74. The standard InChI is InChI=1S/C17H26ClN3O/c1-17(2,3)16(22)20-9-13-5-4-8-21(11-13)12-14-6-7-19-10-15(14)18/h6-7,10,13H,4-5,8-9,11-12H2,1-3H3,(H,20,22). The Kier molecular flexibility index (Phi) is 5.81. The molecule has 1 N–H and O–H groups in total. The van der Waals surface area contributed by atoms with Crippen molar-refractivity contribution in [3.8, 4) is 0 Å². The van der Waals surface area contributed by atoms with E-state index in [0.29, 0.717) is 5.92 Å². The summed E-state index contributed by atoms with van der Waals surface area (Å²) in [5.74, 6) is 0.641. The maximum Gasteiger partial charge on any atom is 0.225 e. The van der Waals surface area contributed by atoms with Crippen LogP contribution < -0.4 is 5.32 Å². The van der Waals surface area contributed by atoms with Crippen molar-refractivity contribution in [3.63, 3.8) is 0 Å². The molecular formula is C17H26ClN3O. The van der Waals surface area contributed by atoms with Crippen molar-refractivity contribution >= 4 is 17.5 Å². The van der Waals surface area contributed by atoms with Crippen LogP contribution in [0.15, 0.2) is 18.5 Å². The largest absolute Gasteiger partial charge is 0.355 e. The number of nitrogens with zero attached hydrogens (tertiary/aromatic N) is 2. The number of hydrogen-bond donors (Lipinski definition) is 1. The first-order valence-corrected chi connectivity index (χ1v) is 8.33. The number of nitrogens with one attached hydrogen (secondary N) is 1. The number of likely N-dealkylation sites (tertiary alicyclic amines) is 1. The number of piperidine rings is 1. The molecule has 0 aliphatic carbocycles. The van der Waals surface area contributed by atoms with Crippen LogP contribution in [0.4, 0.5) is 0 Å². The van der Waals surface area contributed by atoms with Crippen molar-refractivity contribution in [2.75, 3.05) is 19.6 Å². The van der Waals surface area contributed by atoms with Crippen LogP contribution in [-0.4, -0.2) is 35.4 Å². The summed E-state index contributed by atoms with van der Waals surface area (Å²) in [6.45, 7) is 9.54. The average molecular weight is 324 g/mol. The molecule has 5 heteroatoms. The first-order valence-electron chi connectivity index (χ1n) is 7.95. The highest BCUT2D eigenvalue weighted by Crippen LogP contribution is 2.21. The molecule has 1 fully saturated rings. The summed E-state index contributed by atoms with van der Waals surface area (Å²) in [5, 5.41) is 3.81. The highest BCUT2D eigenvalue weighted by atomic mass is 35.5. The normalized spacial score (nSPS) is 19.9. The summed E-state index contributed by atoms with van der Waals surface area (Å²) in [4.78, 5) is 18.4. The fraction of sp³-hybridized carbons (Fsp3) is 0.647. The predicted molar refractivity (Wildman–Crippen MR) is 89.7 cm³/mol. The highest BCUT2D eigenvalue weighted by Gasteiger charge is 2.24. The van der Waals surface area contributed by atoms with E-state index in [0.717, 1.165) is 36.8 Å². The quantitative estimate of drug-likeness (QED) is 0.926. The summed E-state index contributed by atoms with van der Waals surface area (Å²) in [5.41, 5.74) is 0.801. The monoisotopic (exact) mass is 323 g/mol. The van der Waals surface area contributed by atoms with Gasteiger partial charge in [0.2, 0.25) is 5.91 Å². The van der Waals surface area contributed by atoms with Crippen molar-refractivity contribution in [3.05, 3.63) is 29.0 Å². The number of carbonyl (C=O) groups is 1. The van der Waals surface area contributed by atoms with E-state index in [1.165, 1.54) is 12.8 Å². The molecule has 0 spiro atoms. The van der Waals surface area contributed by atoms with Crippen LogP contribution in [0.3, 0.4) is 0 Å². The molecule has 1 aliphatic heterocycles. The van der Waals surface area contributed by atoms with Gasteiger partial charge in [-0.2, -0.15) is 0 Å². The highest BCUT2D eigenvalue weighted by molar-refractivity contribution is 6.31. The second-order valence-electron chi connectivity index (χ2n) is 7.17. The van der Waals surface area contributed by atoms with E-state index >= 15 is 0 Å². The summed E-state index contributed by atoms with van der Waals surface area (Å²) in [6.07, 6.45) is 5.82. The molecule has 0 saturated carbocycles. The molecule has 0 radical (unpaired) electrons. The molecule has 1 aromatic rings. The zero-order chi connectivity index (χ0) is 16.2. The minimum Gasteiger partial charge on any atom is -0.355 e. The molecule has 1 unspecified atom stereocenters. The minimum absolute atomic E-state index is 0.127. The first-order chi connectivity index (χ1) is 10.4. The minimum atomic E-state index is -0.321. The van der Waals surface area contributed by atoms with E-state index in [4.69, 9.17) is 11.6 Å². The fourth-order valence-corrected chi connectivity index (χ4v) is 2.92. The van der Waals surface area contributed by atoms with Gasteiger partial charge in [0.15, 0.2) is 0 Å². The molecule has 1 aliphatic rings. The van der Waals surface area contributed by atoms with Crippen molar-refractivity contribution in [2.45, 2.75) is 40.2 Å². The summed E-state index contributed by atoms with van der Waals surface area (Å²) < 4.78 is 0. The van der Waals surface area contributed by atoms with Crippen LogP contribution in [0, 0.1) is 11.3 Å². The summed E-state index contributed by atoms with van der Waals surface area (Å²) >= 11 is 6.19. The number of pyridine rings is 1. The summed E-state index contributed by atoms with van der Waals surface area (Å²) in [7, 11) is 0. The Morgan fingerprint density at radius 3 is 2.95 bits per heavy atom. The Labute approximate surface area is 138 Å². The lowest BCUT2D eigenvalue weighted by molar-refractivity contribution is -0.128. The smallest absolute Gasteiger partial charge is 0.225 e. The van der Waals surface area contributed by atoms with E-state index in [9.17, 15) is 4.79 Å². The number of aromatic nitrogens is 1. The molecule has 1 aromatic heterocycles. The zero-order valence-corrected chi connectivity index (χ0v) is 14.5. The lowest BCUT2D eigenvalue weighted by Gasteiger charge is -2.33. The van der Waals surface area contributed by atoms with Gasteiger partial charge < -0.3 is 5.32 Å². The second kappa shape index (κ2) is 7.42. The van der Waals surface area contributed by atoms with Crippen LogP contribution in [0.25, 0.3) is 0 Å². The van der Waals surface area contributed by atoms with Crippen LogP contribution in [0.5, 0.6) is 0 Å². The van der Waals surface area contributed by atoms with E-state index in [-0.39, 0.29) is 11.3 Å². The Morgan fingerprint density at radius 1 is 1.50 bits per heavy atom. The maximum absolute atomic E-state index is 12.0. The Balaban J connectivity index is 1.84. The lowest BCUT2D eigenvalue weighted by Crippen LogP contribution is -2.43. The molecular weight excluding hydrogens is 298 g/mol. The van der Waals surface area contributed by atoms with Gasteiger partial charge in [0.25, 0.3) is 0 Å². The second-order valence-corrected chi connectivity index (χ2v) is 7.58. The van der Waals surface area contributed by atoms with Crippen LogP contribution in [0.2, 0.25) is 5.02 Å². The van der Waals surface area contributed by atoms with Crippen LogP contribution in [-0.2, 0) is 11.3 Å². The van der Waals surface area contributed by atoms with E-state index < -0.39 is 0 Å². The number of carbonyl (C=O) groups excluding carboxylic acids is 1. The Bertz CT molecular complexity index is 513. The Morgan fingerprint density at radius 2 is 2.27 bits per heavy atom. The molecule has 1 atom stereocenters. The maximum atomic E-state index is 12.0. The first kappa shape index (κ1) is 17.2. The van der Waals surface area contributed by atoms with E-state index in [2.05, 4.69) is 15.2 Å². The van der Waals surface area contributed by atoms with Crippen molar-refractivity contribution in [1.82, 2.24) is 15.2 Å². The zero-order valence-electron chi connectivity index (χ0n) is 13.7. The molecule has 1 amide bonds. The van der Waals surface area contributed by atoms with Gasteiger partial charge in [-0.25, -0.2) is 0 Å². The van der Waals surface area contributed by atoms with Gasteiger partial charge in [0.05, 0.1) is 5.02 Å². The molecule has 4 nitrogen and oxygen atoms in total. The van der Waals surface area contributed by atoms with Crippen molar-refractivity contribution < 1.29 is 4.79 Å². The van der Waals surface area contributed by atoms with E-state index in [1.54, 1.807) is 12.4 Å². The number of amides is 1. The third kappa shape index (κ3) is 4.96. The topological polar surface area (TPSA) is 45.2 Å². The van der Waals surface area contributed by atoms with Gasteiger partial charge in [-0.3, -0.25) is 14.7 Å². The molecule has 2 heterocycles. The number of hydrogen-bond acceptors (Lipinski definition) is 3. The molecule has 0 aromatic carbocycles. The predicted octanol–water partition coefficient (Wildman–Crippen LogP) is 3.11. The van der Waals surface area contributed by atoms with Gasteiger partial charge >= 0.3 is 0 Å². The van der Waals surface area contributed by atoms with Gasteiger partial charge in [0.1, 0.15) is 0 Å². The molecule has 0 bridgehead atoms. The van der Waals surface area contributed by atoms with Crippen molar-refractivity contribution in [2.24, 2.45) is 11.3 Å². The van der Waals surface area contributed by atoms with Gasteiger partial charge in [-0.15, -0.1) is 0 Å². The van der Waals surface area contributed by atoms with Gasteiger partial charge in [-0.05, 0) is 36.9 Å². The number of rotatable bonds is 4. The number of halogens is 1. The van der Waals surface area contributed by atoms with Crippen molar-refractivity contribution in [1.29, 1.82) is 0 Å². The SMILES string of the molecule is CC(C)(C)C(=O)NCC1CCCN(Cc2ccncc2Cl)C1. The van der Waals surface area contributed by atoms with Gasteiger partial charge in [-0.1, -0.05) is 32.4 Å². The molecule has 1 saturated heterocycles. The van der Waals surface area contributed by atoms with Crippen LogP contribution >= 0.6 is 11.6 Å². The van der Waals surface area contributed by atoms with Crippen LogP contribution in [0.1, 0.15) is 39.2 Å². The van der Waals surface area contributed by atoms with Gasteiger partial charge in [0, 0.05) is 37.4 Å². The average Bonchev–Trinajstić information content (AvgIpc) is 2.46. The third-order valence-electron chi connectivity index (χ3n) is 4.09. The van der Waals surface area contributed by atoms with E-state index in [1.807, 2.05) is 26.8 Å². The third-order valence-corrected chi connectivity index (χ3v) is 4.43. The molecule has 22 heavy (non-hydrogen) atoms. The Hall–Kier alpha value is -1.13. The molecule has 2 rings (SSSR count). The lowest BCUT2D eigenvalue weighted by atomic mass is 9.94.